The third kappa shape index (κ3) is 11.1. The van der Waals surface area contributed by atoms with E-state index in [0.717, 1.165) is 44.1 Å². The van der Waals surface area contributed by atoms with Crippen LogP contribution >= 0.6 is 0 Å². The molecule has 162 valence electrons. The molecule has 0 aliphatic rings. The summed E-state index contributed by atoms with van der Waals surface area (Å²) in [6.07, 6.45) is 13.5. The van der Waals surface area contributed by atoms with E-state index in [9.17, 15) is 8.78 Å². The van der Waals surface area contributed by atoms with Crippen molar-refractivity contribution < 1.29 is 23.0 Å². The van der Waals surface area contributed by atoms with Crippen LogP contribution in [-0.2, 0) is 20.6 Å². The van der Waals surface area contributed by atoms with Crippen molar-refractivity contribution >= 4 is 0 Å². The lowest BCUT2D eigenvalue weighted by atomic mass is 10.0. The van der Waals surface area contributed by atoms with Gasteiger partial charge in [0.05, 0.1) is 6.10 Å². The minimum Gasteiger partial charge on any atom is -0.333 e. The van der Waals surface area contributed by atoms with E-state index in [4.69, 9.17) is 14.2 Å². The number of halogens is 2. The standard InChI is InChI=1S/C23H38F2O3/c1-4-5-6-7-8-9-10-14-20(28-23(26-2)27-3)15-12-11-13-19-16-17-21(24)22(25)18-19/h16-18,20,23H,4-15H2,1-3H3. The third-order valence-corrected chi connectivity index (χ3v) is 5.04. The summed E-state index contributed by atoms with van der Waals surface area (Å²) in [6, 6.07) is 4.13. The highest BCUT2D eigenvalue weighted by molar-refractivity contribution is 5.17. The van der Waals surface area contributed by atoms with E-state index in [2.05, 4.69) is 6.92 Å². The number of methoxy groups -OCH3 is 2. The molecule has 0 heterocycles. The normalized spacial score (nSPS) is 12.6. The highest BCUT2D eigenvalue weighted by Crippen LogP contribution is 2.19. The maximum absolute atomic E-state index is 13.3. The Labute approximate surface area is 169 Å². The molecular formula is C23H38F2O3. The Morgan fingerprint density at radius 1 is 0.786 bits per heavy atom. The van der Waals surface area contributed by atoms with Gasteiger partial charge in [-0.15, -0.1) is 0 Å². The van der Waals surface area contributed by atoms with Crippen molar-refractivity contribution in [2.24, 2.45) is 0 Å². The van der Waals surface area contributed by atoms with Gasteiger partial charge in [0.1, 0.15) is 0 Å². The van der Waals surface area contributed by atoms with E-state index in [-0.39, 0.29) is 6.10 Å². The van der Waals surface area contributed by atoms with E-state index in [1.54, 1.807) is 20.3 Å². The molecule has 0 amide bonds. The van der Waals surface area contributed by atoms with Crippen molar-refractivity contribution in [2.75, 3.05) is 14.2 Å². The van der Waals surface area contributed by atoms with Crippen LogP contribution in [0.4, 0.5) is 8.78 Å². The zero-order valence-corrected chi connectivity index (χ0v) is 17.9. The predicted octanol–water partition coefficient (Wildman–Crippen LogP) is 6.78. The van der Waals surface area contributed by atoms with Crippen molar-refractivity contribution in [3.8, 4) is 0 Å². The van der Waals surface area contributed by atoms with Gasteiger partial charge in [0.2, 0.25) is 0 Å². The average Bonchev–Trinajstić information content (AvgIpc) is 2.70. The first kappa shape index (κ1) is 25.0. The van der Waals surface area contributed by atoms with Gasteiger partial charge in [-0.2, -0.15) is 0 Å². The molecule has 0 spiro atoms. The van der Waals surface area contributed by atoms with Gasteiger partial charge >= 0.3 is 0 Å². The molecular weight excluding hydrogens is 362 g/mol. The van der Waals surface area contributed by atoms with E-state index >= 15 is 0 Å². The first-order chi connectivity index (χ1) is 13.6. The number of hydrogen-bond donors (Lipinski definition) is 0. The van der Waals surface area contributed by atoms with Crippen LogP contribution in [-0.4, -0.2) is 26.8 Å². The zero-order valence-electron chi connectivity index (χ0n) is 17.9. The number of aryl methyl sites for hydroxylation is 1. The van der Waals surface area contributed by atoms with Crippen LogP contribution in [0.2, 0.25) is 0 Å². The Morgan fingerprint density at radius 3 is 2.00 bits per heavy atom. The summed E-state index contributed by atoms with van der Waals surface area (Å²) in [5.41, 5.74) is 0.829. The molecule has 0 aromatic heterocycles. The lowest BCUT2D eigenvalue weighted by molar-refractivity contribution is -0.285. The summed E-state index contributed by atoms with van der Waals surface area (Å²) in [4.78, 5) is 0. The molecule has 0 aliphatic carbocycles. The molecule has 1 atom stereocenters. The van der Waals surface area contributed by atoms with E-state index in [0.29, 0.717) is 0 Å². The Bertz CT molecular complexity index is 507. The van der Waals surface area contributed by atoms with Gasteiger partial charge in [0, 0.05) is 14.2 Å². The second-order valence-corrected chi connectivity index (χ2v) is 7.42. The number of benzene rings is 1. The Hall–Kier alpha value is -1.04. The largest absolute Gasteiger partial charge is 0.333 e. The second-order valence-electron chi connectivity index (χ2n) is 7.42. The molecule has 0 radical (unpaired) electrons. The lowest BCUT2D eigenvalue weighted by Crippen LogP contribution is -2.25. The van der Waals surface area contributed by atoms with Crippen LogP contribution in [0.1, 0.15) is 83.1 Å². The smallest absolute Gasteiger partial charge is 0.271 e. The van der Waals surface area contributed by atoms with Gasteiger partial charge in [-0.05, 0) is 43.4 Å². The molecule has 3 nitrogen and oxygen atoms in total. The predicted molar refractivity (Wildman–Crippen MR) is 109 cm³/mol. The highest BCUT2D eigenvalue weighted by Gasteiger charge is 2.15. The van der Waals surface area contributed by atoms with E-state index < -0.39 is 18.1 Å². The van der Waals surface area contributed by atoms with Gasteiger partial charge < -0.3 is 14.2 Å². The van der Waals surface area contributed by atoms with Gasteiger partial charge in [-0.25, -0.2) is 8.78 Å². The summed E-state index contributed by atoms with van der Waals surface area (Å²) in [5, 5.41) is 0. The summed E-state index contributed by atoms with van der Waals surface area (Å²) in [5.74, 6) is -1.57. The maximum atomic E-state index is 13.3. The van der Waals surface area contributed by atoms with Crippen LogP contribution < -0.4 is 0 Å². The molecule has 1 aromatic carbocycles. The minimum atomic E-state index is -0.794. The lowest BCUT2D eigenvalue weighted by Gasteiger charge is -2.23. The summed E-state index contributed by atoms with van der Waals surface area (Å²) in [6.45, 7) is 1.59. The zero-order chi connectivity index (χ0) is 20.6. The van der Waals surface area contributed by atoms with Crippen molar-refractivity contribution in [3.05, 3.63) is 35.4 Å². The van der Waals surface area contributed by atoms with Crippen LogP contribution in [0, 0.1) is 11.6 Å². The van der Waals surface area contributed by atoms with Crippen LogP contribution in [0.25, 0.3) is 0 Å². The third-order valence-electron chi connectivity index (χ3n) is 5.04. The van der Waals surface area contributed by atoms with Crippen LogP contribution in [0.5, 0.6) is 0 Å². The Kier molecular flexibility index (Phi) is 14.1. The van der Waals surface area contributed by atoms with Gasteiger partial charge in [0.25, 0.3) is 6.48 Å². The summed E-state index contributed by atoms with van der Waals surface area (Å²) >= 11 is 0. The molecule has 0 bridgehead atoms. The molecule has 0 aliphatic heterocycles. The van der Waals surface area contributed by atoms with E-state index in [1.807, 2.05) is 0 Å². The maximum Gasteiger partial charge on any atom is 0.271 e. The van der Waals surface area contributed by atoms with Crippen LogP contribution in [0.15, 0.2) is 18.2 Å². The van der Waals surface area contributed by atoms with Gasteiger partial charge in [0.15, 0.2) is 11.6 Å². The molecule has 1 aromatic rings. The number of hydrogen-bond acceptors (Lipinski definition) is 3. The molecule has 5 heteroatoms. The quantitative estimate of drug-likeness (QED) is 0.213. The fourth-order valence-electron chi connectivity index (χ4n) is 3.37. The fraction of sp³-hybridized carbons (Fsp3) is 0.739. The van der Waals surface area contributed by atoms with Crippen molar-refractivity contribution in [3.63, 3.8) is 0 Å². The minimum absolute atomic E-state index is 0.0884. The molecule has 0 saturated heterocycles. The second kappa shape index (κ2) is 15.8. The first-order valence-electron chi connectivity index (χ1n) is 10.8. The number of rotatable bonds is 17. The number of unbranched alkanes of at least 4 members (excludes halogenated alkanes) is 7. The van der Waals surface area contributed by atoms with Crippen molar-refractivity contribution in [2.45, 2.75) is 96.6 Å². The van der Waals surface area contributed by atoms with Crippen molar-refractivity contribution in [1.29, 1.82) is 0 Å². The molecule has 1 unspecified atom stereocenters. The molecule has 0 saturated carbocycles. The Morgan fingerprint density at radius 2 is 1.39 bits per heavy atom. The summed E-state index contributed by atoms with van der Waals surface area (Å²) < 4.78 is 42.6. The molecule has 0 N–H and O–H groups in total. The highest BCUT2D eigenvalue weighted by atomic mass is 19.2. The topological polar surface area (TPSA) is 27.7 Å². The number of ether oxygens (including phenoxy) is 3. The van der Waals surface area contributed by atoms with Crippen LogP contribution in [0.3, 0.4) is 0 Å². The molecule has 0 fully saturated rings. The first-order valence-corrected chi connectivity index (χ1v) is 10.8. The molecule has 28 heavy (non-hydrogen) atoms. The Balaban J connectivity index is 2.32. The monoisotopic (exact) mass is 400 g/mol. The van der Waals surface area contributed by atoms with Gasteiger partial charge in [-0.1, -0.05) is 64.4 Å². The average molecular weight is 401 g/mol. The van der Waals surface area contributed by atoms with Gasteiger partial charge in [-0.3, -0.25) is 0 Å². The fourth-order valence-corrected chi connectivity index (χ4v) is 3.37. The van der Waals surface area contributed by atoms with Crippen molar-refractivity contribution in [1.82, 2.24) is 0 Å². The molecule has 1 rings (SSSR count). The SMILES string of the molecule is CCCCCCCCCC(CCCCc1ccc(F)c(F)c1)OC(OC)OC. The summed E-state index contributed by atoms with van der Waals surface area (Å²) in [7, 11) is 3.14. The van der Waals surface area contributed by atoms with E-state index in [1.165, 1.54) is 50.7 Å².